The number of para-hydroxylation sites is 1. The third-order valence-corrected chi connectivity index (χ3v) is 3.86. The van der Waals surface area contributed by atoms with Crippen LogP contribution in [0.2, 0.25) is 5.02 Å². The van der Waals surface area contributed by atoms with Crippen LogP contribution in [0.5, 0.6) is 5.75 Å². The Morgan fingerprint density at radius 1 is 1.30 bits per heavy atom. The van der Waals surface area contributed by atoms with E-state index in [0.717, 1.165) is 17.7 Å². The molecule has 2 N–H and O–H groups in total. The fraction of sp³-hybridized carbons (Fsp3) is 0.250. The van der Waals surface area contributed by atoms with Crippen LogP contribution >= 0.6 is 11.6 Å². The maximum absolute atomic E-state index is 13.8. The van der Waals surface area contributed by atoms with Crippen molar-refractivity contribution in [3.05, 3.63) is 64.4 Å². The molecule has 0 radical (unpaired) electrons. The SMILES string of the molecule is NC(Cc1ccc(Cl)cc1F)C1Cc2ccccc2O1. The Labute approximate surface area is 122 Å². The Morgan fingerprint density at radius 3 is 2.85 bits per heavy atom. The highest BCUT2D eigenvalue weighted by Gasteiger charge is 2.28. The summed E-state index contributed by atoms with van der Waals surface area (Å²) in [6.07, 6.45) is 1.09. The maximum atomic E-state index is 13.8. The van der Waals surface area contributed by atoms with E-state index in [2.05, 4.69) is 0 Å². The highest BCUT2D eigenvalue weighted by atomic mass is 35.5. The normalized spacial score (nSPS) is 18.4. The molecule has 0 aromatic heterocycles. The van der Waals surface area contributed by atoms with Crippen molar-refractivity contribution in [2.24, 2.45) is 5.73 Å². The number of halogens is 2. The summed E-state index contributed by atoms with van der Waals surface area (Å²) >= 11 is 5.75. The number of ether oxygens (including phenoxy) is 1. The number of rotatable bonds is 3. The molecule has 1 heterocycles. The Kier molecular flexibility index (Phi) is 3.64. The molecule has 3 rings (SSSR count). The number of benzene rings is 2. The molecular weight excluding hydrogens is 277 g/mol. The number of fused-ring (bicyclic) bond motifs is 1. The van der Waals surface area contributed by atoms with Crippen molar-refractivity contribution < 1.29 is 9.13 Å². The van der Waals surface area contributed by atoms with Crippen molar-refractivity contribution in [2.45, 2.75) is 25.0 Å². The summed E-state index contributed by atoms with van der Waals surface area (Å²) in [6, 6.07) is 12.3. The van der Waals surface area contributed by atoms with Gasteiger partial charge < -0.3 is 10.5 Å². The lowest BCUT2D eigenvalue weighted by Crippen LogP contribution is -2.39. The molecule has 0 aliphatic carbocycles. The van der Waals surface area contributed by atoms with E-state index >= 15 is 0 Å². The van der Waals surface area contributed by atoms with Crippen molar-refractivity contribution in [3.63, 3.8) is 0 Å². The number of nitrogens with two attached hydrogens (primary N) is 1. The van der Waals surface area contributed by atoms with E-state index in [9.17, 15) is 4.39 Å². The van der Waals surface area contributed by atoms with Crippen molar-refractivity contribution in [2.75, 3.05) is 0 Å². The van der Waals surface area contributed by atoms with Gasteiger partial charge in [0.25, 0.3) is 0 Å². The third-order valence-electron chi connectivity index (χ3n) is 3.62. The number of hydrogen-bond acceptors (Lipinski definition) is 2. The minimum Gasteiger partial charge on any atom is -0.488 e. The molecule has 0 saturated carbocycles. The maximum Gasteiger partial charge on any atom is 0.127 e. The van der Waals surface area contributed by atoms with Gasteiger partial charge in [0.15, 0.2) is 0 Å². The average Bonchev–Trinajstić information content (AvgIpc) is 2.86. The predicted molar refractivity (Wildman–Crippen MR) is 77.7 cm³/mol. The molecular formula is C16H15ClFNO. The molecule has 0 saturated heterocycles. The van der Waals surface area contributed by atoms with Crippen molar-refractivity contribution >= 4 is 11.6 Å². The van der Waals surface area contributed by atoms with E-state index in [-0.39, 0.29) is 18.0 Å². The van der Waals surface area contributed by atoms with Gasteiger partial charge in [-0.2, -0.15) is 0 Å². The topological polar surface area (TPSA) is 35.2 Å². The molecule has 2 atom stereocenters. The minimum atomic E-state index is -0.316. The van der Waals surface area contributed by atoms with Crippen LogP contribution in [0.3, 0.4) is 0 Å². The van der Waals surface area contributed by atoms with Crippen LogP contribution < -0.4 is 10.5 Å². The Balaban J connectivity index is 1.70. The fourth-order valence-electron chi connectivity index (χ4n) is 2.52. The van der Waals surface area contributed by atoms with Crippen LogP contribution in [0.1, 0.15) is 11.1 Å². The minimum absolute atomic E-state index is 0.109. The highest BCUT2D eigenvalue weighted by Crippen LogP contribution is 2.30. The molecule has 0 bridgehead atoms. The lowest BCUT2D eigenvalue weighted by atomic mass is 9.98. The fourth-order valence-corrected chi connectivity index (χ4v) is 2.68. The first-order valence-electron chi connectivity index (χ1n) is 6.57. The molecule has 2 aromatic rings. The van der Waals surface area contributed by atoms with Gasteiger partial charge in [-0.05, 0) is 35.7 Å². The van der Waals surface area contributed by atoms with Crippen LogP contribution in [0, 0.1) is 5.82 Å². The van der Waals surface area contributed by atoms with Crippen molar-refractivity contribution in [3.8, 4) is 5.75 Å². The van der Waals surface area contributed by atoms with Gasteiger partial charge in [0.2, 0.25) is 0 Å². The van der Waals surface area contributed by atoms with Gasteiger partial charge in [-0.25, -0.2) is 4.39 Å². The van der Waals surface area contributed by atoms with E-state index in [1.54, 1.807) is 12.1 Å². The summed E-state index contributed by atoms with van der Waals surface area (Å²) in [5.74, 6) is 0.563. The van der Waals surface area contributed by atoms with Gasteiger partial charge in [-0.15, -0.1) is 0 Å². The standard InChI is InChI=1S/C16H15ClFNO/c17-12-6-5-10(13(18)9-12)7-14(19)16-8-11-3-1-2-4-15(11)20-16/h1-6,9,14,16H,7-8,19H2. The largest absolute Gasteiger partial charge is 0.488 e. The van der Waals surface area contributed by atoms with Crippen LogP contribution in [0.15, 0.2) is 42.5 Å². The highest BCUT2D eigenvalue weighted by molar-refractivity contribution is 6.30. The second kappa shape index (κ2) is 5.43. The predicted octanol–water partition coefficient (Wildman–Crippen LogP) is 3.35. The molecule has 0 amide bonds. The van der Waals surface area contributed by atoms with E-state index in [0.29, 0.717) is 17.0 Å². The van der Waals surface area contributed by atoms with Crippen LogP contribution in [0.25, 0.3) is 0 Å². The van der Waals surface area contributed by atoms with Crippen LogP contribution in [-0.2, 0) is 12.8 Å². The van der Waals surface area contributed by atoms with Gasteiger partial charge in [-0.1, -0.05) is 35.9 Å². The summed E-state index contributed by atoms with van der Waals surface area (Å²) < 4.78 is 19.6. The summed E-state index contributed by atoms with van der Waals surface area (Å²) in [6.45, 7) is 0. The van der Waals surface area contributed by atoms with Crippen LogP contribution in [0.4, 0.5) is 4.39 Å². The molecule has 2 aromatic carbocycles. The molecule has 104 valence electrons. The van der Waals surface area contributed by atoms with Gasteiger partial charge in [0.05, 0.1) is 0 Å². The Hall–Kier alpha value is -1.58. The molecule has 20 heavy (non-hydrogen) atoms. The number of hydrogen-bond donors (Lipinski definition) is 1. The first-order valence-corrected chi connectivity index (χ1v) is 6.95. The zero-order valence-corrected chi connectivity index (χ0v) is 11.6. The lowest BCUT2D eigenvalue weighted by molar-refractivity contribution is 0.197. The summed E-state index contributed by atoms with van der Waals surface area (Å²) in [5.41, 5.74) is 7.90. The smallest absolute Gasteiger partial charge is 0.127 e. The molecule has 1 aliphatic heterocycles. The van der Waals surface area contributed by atoms with Gasteiger partial charge >= 0.3 is 0 Å². The monoisotopic (exact) mass is 291 g/mol. The molecule has 4 heteroatoms. The van der Waals surface area contributed by atoms with E-state index in [4.69, 9.17) is 22.1 Å². The first kappa shape index (κ1) is 13.4. The van der Waals surface area contributed by atoms with E-state index in [1.807, 2.05) is 24.3 Å². The first-order chi connectivity index (χ1) is 9.63. The zero-order valence-electron chi connectivity index (χ0n) is 10.9. The lowest BCUT2D eigenvalue weighted by Gasteiger charge is -2.19. The van der Waals surface area contributed by atoms with Gasteiger partial charge in [-0.3, -0.25) is 0 Å². The van der Waals surface area contributed by atoms with Crippen molar-refractivity contribution in [1.82, 2.24) is 0 Å². The second-order valence-corrected chi connectivity index (χ2v) is 5.51. The van der Waals surface area contributed by atoms with Crippen molar-refractivity contribution in [1.29, 1.82) is 0 Å². The average molecular weight is 292 g/mol. The summed E-state index contributed by atoms with van der Waals surface area (Å²) in [7, 11) is 0. The Morgan fingerprint density at radius 2 is 2.10 bits per heavy atom. The third kappa shape index (κ3) is 2.65. The van der Waals surface area contributed by atoms with Gasteiger partial charge in [0, 0.05) is 17.5 Å². The Bertz CT molecular complexity index is 607. The summed E-state index contributed by atoms with van der Waals surface area (Å²) in [4.78, 5) is 0. The molecule has 1 aliphatic rings. The van der Waals surface area contributed by atoms with E-state index < -0.39 is 0 Å². The quantitative estimate of drug-likeness (QED) is 0.941. The van der Waals surface area contributed by atoms with E-state index in [1.165, 1.54) is 6.07 Å². The van der Waals surface area contributed by atoms with Crippen LogP contribution in [-0.4, -0.2) is 12.1 Å². The zero-order chi connectivity index (χ0) is 14.1. The molecule has 2 nitrogen and oxygen atoms in total. The molecule has 2 unspecified atom stereocenters. The molecule has 0 spiro atoms. The van der Waals surface area contributed by atoms with Gasteiger partial charge in [0.1, 0.15) is 17.7 Å². The second-order valence-electron chi connectivity index (χ2n) is 5.07. The molecule has 0 fully saturated rings. The summed E-state index contributed by atoms with van der Waals surface area (Å²) in [5, 5.41) is 0.393.